The van der Waals surface area contributed by atoms with Gasteiger partial charge in [0.25, 0.3) is 0 Å². The number of methoxy groups -OCH3 is 1. The molecule has 2 rings (SSSR count). The number of hydrogen-bond donors (Lipinski definition) is 1. The highest BCUT2D eigenvalue weighted by atomic mass is 16.5. The highest BCUT2D eigenvalue weighted by Gasteiger charge is 2.05. The third-order valence-electron chi connectivity index (χ3n) is 2.84. The van der Waals surface area contributed by atoms with Gasteiger partial charge in [-0.15, -0.1) is 0 Å². The van der Waals surface area contributed by atoms with E-state index in [-0.39, 0.29) is 0 Å². The molecule has 0 radical (unpaired) electrons. The van der Waals surface area contributed by atoms with Crippen LogP contribution in [0.4, 0.5) is 5.95 Å². The van der Waals surface area contributed by atoms with E-state index in [1.54, 1.807) is 11.8 Å². The maximum Gasteiger partial charge on any atom is 0.243 e. The largest absolute Gasteiger partial charge is 0.497 e. The van der Waals surface area contributed by atoms with E-state index in [0.717, 1.165) is 30.7 Å². The summed E-state index contributed by atoms with van der Waals surface area (Å²) in [6, 6.07) is 7.92. The second kappa shape index (κ2) is 6.72. The van der Waals surface area contributed by atoms with Gasteiger partial charge in [0.15, 0.2) is 0 Å². The van der Waals surface area contributed by atoms with Crippen molar-refractivity contribution in [3.8, 4) is 5.75 Å². The number of benzene rings is 1. The van der Waals surface area contributed by atoms with E-state index in [9.17, 15) is 0 Å². The van der Waals surface area contributed by atoms with Gasteiger partial charge < -0.3 is 10.1 Å². The van der Waals surface area contributed by atoms with Crippen molar-refractivity contribution in [2.75, 3.05) is 12.4 Å². The standard InChI is InChI=1S/C13H19N5O/c1-3-4-8-18-13(15-16-17-18)14-10-11-6-5-7-12(9-11)19-2/h5-7,9H,3-4,8,10H2,1-2H3,(H,14,15,17). The second-order valence-corrected chi connectivity index (χ2v) is 4.28. The van der Waals surface area contributed by atoms with Crippen molar-refractivity contribution in [2.24, 2.45) is 0 Å². The summed E-state index contributed by atoms with van der Waals surface area (Å²) in [7, 11) is 1.66. The molecule has 102 valence electrons. The van der Waals surface area contributed by atoms with E-state index in [2.05, 4.69) is 27.8 Å². The summed E-state index contributed by atoms with van der Waals surface area (Å²) in [5.74, 6) is 1.56. The van der Waals surface area contributed by atoms with Crippen LogP contribution in [0.3, 0.4) is 0 Å². The molecule has 0 saturated heterocycles. The van der Waals surface area contributed by atoms with Crippen LogP contribution < -0.4 is 10.1 Å². The number of aryl methyl sites for hydroxylation is 1. The van der Waals surface area contributed by atoms with Crippen molar-refractivity contribution in [2.45, 2.75) is 32.9 Å². The third kappa shape index (κ3) is 3.67. The lowest BCUT2D eigenvalue weighted by Crippen LogP contribution is -2.09. The number of nitrogens with one attached hydrogen (secondary N) is 1. The molecule has 1 aromatic heterocycles. The van der Waals surface area contributed by atoms with Crippen molar-refractivity contribution in [3.05, 3.63) is 29.8 Å². The predicted octanol–water partition coefficient (Wildman–Crippen LogP) is 2.09. The average Bonchev–Trinajstić information content (AvgIpc) is 2.90. The number of unbranched alkanes of at least 4 members (excludes halogenated alkanes) is 1. The lowest BCUT2D eigenvalue weighted by molar-refractivity contribution is 0.414. The van der Waals surface area contributed by atoms with Gasteiger partial charge in [0.2, 0.25) is 5.95 Å². The van der Waals surface area contributed by atoms with Crippen molar-refractivity contribution < 1.29 is 4.74 Å². The number of rotatable bonds is 7. The number of nitrogens with zero attached hydrogens (tertiary/aromatic N) is 4. The van der Waals surface area contributed by atoms with E-state index in [4.69, 9.17) is 4.74 Å². The van der Waals surface area contributed by atoms with E-state index >= 15 is 0 Å². The third-order valence-corrected chi connectivity index (χ3v) is 2.84. The fourth-order valence-electron chi connectivity index (χ4n) is 1.75. The Balaban J connectivity index is 1.96. The highest BCUT2D eigenvalue weighted by molar-refractivity contribution is 5.32. The summed E-state index contributed by atoms with van der Waals surface area (Å²) in [5, 5.41) is 14.9. The van der Waals surface area contributed by atoms with Gasteiger partial charge >= 0.3 is 0 Å². The zero-order chi connectivity index (χ0) is 13.5. The molecule has 6 nitrogen and oxygen atoms in total. The Morgan fingerprint density at radius 2 is 2.26 bits per heavy atom. The molecule has 0 amide bonds. The first-order valence-electron chi connectivity index (χ1n) is 6.46. The Bertz CT molecular complexity index is 511. The van der Waals surface area contributed by atoms with Crippen LogP contribution in [0.1, 0.15) is 25.3 Å². The predicted molar refractivity (Wildman–Crippen MR) is 73.0 cm³/mol. The Morgan fingerprint density at radius 3 is 3.05 bits per heavy atom. The van der Waals surface area contributed by atoms with Gasteiger partial charge in [-0.3, -0.25) is 0 Å². The summed E-state index contributed by atoms with van der Waals surface area (Å²) in [4.78, 5) is 0. The Labute approximate surface area is 112 Å². The van der Waals surface area contributed by atoms with Gasteiger partial charge in [-0.05, 0) is 34.5 Å². The zero-order valence-corrected chi connectivity index (χ0v) is 11.3. The fourth-order valence-corrected chi connectivity index (χ4v) is 1.75. The quantitative estimate of drug-likeness (QED) is 0.826. The fraction of sp³-hybridized carbons (Fsp3) is 0.462. The van der Waals surface area contributed by atoms with Crippen LogP contribution in [0.15, 0.2) is 24.3 Å². The van der Waals surface area contributed by atoms with Crippen LogP contribution in [0.5, 0.6) is 5.75 Å². The average molecular weight is 261 g/mol. The SMILES string of the molecule is CCCCn1nnnc1NCc1cccc(OC)c1. The Kier molecular flexibility index (Phi) is 4.72. The van der Waals surface area contributed by atoms with Crippen molar-refractivity contribution >= 4 is 5.95 Å². The smallest absolute Gasteiger partial charge is 0.243 e. The van der Waals surface area contributed by atoms with Gasteiger partial charge in [0, 0.05) is 13.1 Å². The first-order chi connectivity index (χ1) is 9.33. The Hall–Kier alpha value is -2.11. The maximum absolute atomic E-state index is 5.20. The van der Waals surface area contributed by atoms with Crippen molar-refractivity contribution in [1.82, 2.24) is 20.2 Å². The molecule has 6 heteroatoms. The van der Waals surface area contributed by atoms with Crippen LogP contribution >= 0.6 is 0 Å². The van der Waals surface area contributed by atoms with E-state index in [1.807, 2.05) is 24.3 Å². The van der Waals surface area contributed by atoms with E-state index < -0.39 is 0 Å². The summed E-state index contributed by atoms with van der Waals surface area (Å²) in [5.41, 5.74) is 1.13. The lowest BCUT2D eigenvalue weighted by Gasteiger charge is -2.07. The number of hydrogen-bond acceptors (Lipinski definition) is 5. The van der Waals surface area contributed by atoms with Crippen LogP contribution in [-0.4, -0.2) is 27.3 Å². The molecule has 0 aliphatic rings. The summed E-state index contributed by atoms with van der Waals surface area (Å²) >= 11 is 0. The molecular weight excluding hydrogens is 242 g/mol. The topological polar surface area (TPSA) is 64.9 Å². The first-order valence-corrected chi connectivity index (χ1v) is 6.46. The highest BCUT2D eigenvalue weighted by Crippen LogP contribution is 2.13. The number of ether oxygens (including phenoxy) is 1. The molecule has 0 aliphatic carbocycles. The van der Waals surface area contributed by atoms with Gasteiger partial charge in [0.1, 0.15) is 5.75 Å². The number of aromatic nitrogens is 4. The molecule has 0 unspecified atom stereocenters. The molecule has 1 N–H and O–H groups in total. The summed E-state index contributed by atoms with van der Waals surface area (Å²) in [6.07, 6.45) is 2.19. The molecule has 0 fully saturated rings. The van der Waals surface area contributed by atoms with Gasteiger partial charge in [-0.2, -0.15) is 0 Å². The second-order valence-electron chi connectivity index (χ2n) is 4.28. The molecule has 0 saturated carbocycles. The van der Waals surface area contributed by atoms with E-state index in [1.165, 1.54) is 0 Å². The summed E-state index contributed by atoms with van der Waals surface area (Å²) in [6.45, 7) is 3.65. The Morgan fingerprint density at radius 1 is 1.37 bits per heavy atom. The van der Waals surface area contributed by atoms with Gasteiger partial charge in [-0.1, -0.05) is 30.6 Å². The van der Waals surface area contributed by atoms with Crippen molar-refractivity contribution in [1.29, 1.82) is 0 Å². The first kappa shape index (κ1) is 13.3. The summed E-state index contributed by atoms with van der Waals surface area (Å²) < 4.78 is 6.99. The molecule has 1 aromatic carbocycles. The minimum atomic E-state index is 0.670. The van der Waals surface area contributed by atoms with Gasteiger partial charge in [-0.25, -0.2) is 4.68 Å². The number of tetrazole rings is 1. The van der Waals surface area contributed by atoms with Crippen LogP contribution in [0.2, 0.25) is 0 Å². The minimum absolute atomic E-state index is 0.670. The monoisotopic (exact) mass is 261 g/mol. The number of anilines is 1. The van der Waals surface area contributed by atoms with Crippen LogP contribution in [0.25, 0.3) is 0 Å². The minimum Gasteiger partial charge on any atom is -0.497 e. The zero-order valence-electron chi connectivity index (χ0n) is 11.3. The molecule has 0 atom stereocenters. The molecule has 2 aromatic rings. The molecule has 0 bridgehead atoms. The maximum atomic E-state index is 5.20. The lowest BCUT2D eigenvalue weighted by atomic mass is 10.2. The van der Waals surface area contributed by atoms with Crippen LogP contribution in [0, 0.1) is 0 Å². The molecule has 1 heterocycles. The van der Waals surface area contributed by atoms with E-state index in [0.29, 0.717) is 12.5 Å². The van der Waals surface area contributed by atoms with Gasteiger partial charge in [0.05, 0.1) is 7.11 Å². The normalized spacial score (nSPS) is 10.4. The van der Waals surface area contributed by atoms with Crippen molar-refractivity contribution in [3.63, 3.8) is 0 Å². The molecule has 19 heavy (non-hydrogen) atoms. The molecule has 0 aliphatic heterocycles. The molecular formula is C13H19N5O. The molecule has 0 spiro atoms. The van der Waals surface area contributed by atoms with Crippen LogP contribution in [-0.2, 0) is 13.1 Å².